The zero-order valence-electron chi connectivity index (χ0n) is 50.4. The fourth-order valence-electron chi connectivity index (χ4n) is 8.78. The quantitative estimate of drug-likeness (QED) is 0.0322. The van der Waals surface area contributed by atoms with Crippen LogP contribution in [0.25, 0.3) is 0 Å². The number of aliphatic hydroxyl groups is 2. The van der Waals surface area contributed by atoms with Gasteiger partial charge in [0.05, 0.1) is 38.8 Å². The Labute approximate surface area is 467 Å². The van der Waals surface area contributed by atoms with E-state index < -0.39 is 47.3 Å². The van der Waals surface area contributed by atoms with Crippen molar-refractivity contribution in [3.63, 3.8) is 0 Å². The molecule has 18 unspecified atom stereocenters. The van der Waals surface area contributed by atoms with Gasteiger partial charge in [0.25, 0.3) is 0 Å². The van der Waals surface area contributed by atoms with Gasteiger partial charge in [0.15, 0.2) is 0 Å². The molecule has 0 aromatic carbocycles. The fourth-order valence-corrected chi connectivity index (χ4v) is 12.5. The monoisotopic (exact) mass is 1160 g/mol. The van der Waals surface area contributed by atoms with Crippen molar-refractivity contribution >= 4 is 16.3 Å². The normalized spacial score (nSPS) is 26.2. The Hall–Kier alpha value is -0.0712. The molecule has 430 valence electrons. The maximum atomic E-state index is 13.9. The Morgan fingerprint density at radius 2 is 1.26 bits per heavy atom. The molecule has 2 heterocycles. The van der Waals surface area contributed by atoms with Crippen LogP contribution in [0.4, 0.5) is 0 Å². The maximum absolute atomic E-state index is 13.9. The predicted octanol–water partition coefficient (Wildman–Crippen LogP) is 12.5. The number of hydrogen-bond acceptors (Lipinski definition) is 16. The second kappa shape index (κ2) is 41.9. The summed E-state index contributed by atoms with van der Waals surface area (Å²) in [7, 11) is -5.49. The molecule has 0 bridgehead atoms. The second-order valence-corrected chi connectivity index (χ2v) is 24.1. The van der Waals surface area contributed by atoms with E-state index in [1.54, 1.807) is 17.2 Å². The van der Waals surface area contributed by atoms with Crippen LogP contribution in [0.3, 0.4) is 0 Å². The molecule has 2 aliphatic heterocycles. The zero-order valence-corrected chi connectivity index (χ0v) is 53.0. The third-order valence-corrected chi connectivity index (χ3v) is 19.5. The van der Waals surface area contributed by atoms with Crippen LogP contribution in [0, 0.1) is 86.0 Å². The summed E-state index contributed by atoms with van der Waals surface area (Å²) in [5.41, 5.74) is -0.818. The van der Waals surface area contributed by atoms with Gasteiger partial charge in [0.2, 0.25) is 0 Å². The Kier molecular flexibility index (Phi) is 41.9. The number of hydrogen-bond donors (Lipinski definition) is 3. The van der Waals surface area contributed by atoms with E-state index in [1.165, 1.54) is 6.42 Å². The van der Waals surface area contributed by atoms with Gasteiger partial charge >= 0.3 is 180 Å². The SMILES string of the molecule is CCC(C)C(C)C(C)C(O)C(C)C(C)C(C)C.O.[3H]C1CC(OP(=O)(OCCC#N)OC(C)(C(C)C(C)CC)C(C)C(C)CC)C(CO)O1.[3H]C1CC(OP(OCCC#N)N(C(C)C)C(C)C)C(CO[N]=[V])O1.[NH]=[V]. The van der Waals surface area contributed by atoms with E-state index in [9.17, 15) is 14.8 Å². The Morgan fingerprint density at radius 1 is 0.795 bits per heavy atom. The van der Waals surface area contributed by atoms with E-state index >= 15 is 0 Å². The van der Waals surface area contributed by atoms with Gasteiger partial charge in [0.1, 0.15) is 12.2 Å². The minimum atomic E-state index is -4.13. The summed E-state index contributed by atoms with van der Waals surface area (Å²) in [6, 6.07) is 4.51. The Morgan fingerprint density at radius 3 is 1.70 bits per heavy atom. The molecule has 17 nitrogen and oxygen atoms in total. The fraction of sp³-hybridized carbons (Fsp3) is 0.962. The average molecular weight is 1160 g/mol. The molecule has 0 spiro atoms. The summed E-state index contributed by atoms with van der Waals surface area (Å²) in [4.78, 5) is 5.05. The third kappa shape index (κ3) is 27.1. The molecule has 0 saturated carbocycles. The Bertz CT molecular complexity index is 1610. The summed E-state index contributed by atoms with van der Waals surface area (Å²) >= 11 is 3.55. The van der Waals surface area contributed by atoms with Crippen LogP contribution >= 0.6 is 16.3 Å². The van der Waals surface area contributed by atoms with E-state index in [-0.39, 0.29) is 80.4 Å². The van der Waals surface area contributed by atoms with Crippen molar-refractivity contribution < 1.29 is 94.4 Å². The number of rotatable bonds is 32. The van der Waals surface area contributed by atoms with Crippen LogP contribution < -0.4 is 0 Å². The molecule has 2 rings (SSSR count). The molecule has 73 heavy (non-hydrogen) atoms. The number of phosphoric acid groups is 1. The number of aliphatic hydroxyl groups excluding tert-OH is 2. The summed E-state index contributed by atoms with van der Waals surface area (Å²) in [6.45, 7) is 39.6. The number of phosphoric ester groups is 1. The first-order valence-electron chi connectivity index (χ1n) is 27.7. The van der Waals surface area contributed by atoms with Crippen molar-refractivity contribution in [3.8, 4) is 12.1 Å². The van der Waals surface area contributed by atoms with Crippen LogP contribution in [0.15, 0.2) is 3.95 Å². The van der Waals surface area contributed by atoms with Crippen molar-refractivity contribution in [3.05, 3.63) is 0 Å². The van der Waals surface area contributed by atoms with Gasteiger partial charge in [-0.3, -0.25) is 13.6 Å². The van der Waals surface area contributed by atoms with Gasteiger partial charge in [-0.25, -0.2) is 4.57 Å². The van der Waals surface area contributed by atoms with Gasteiger partial charge in [-0.05, 0) is 66.1 Å². The molecule has 2 aliphatic rings. The van der Waals surface area contributed by atoms with Crippen molar-refractivity contribution in [2.45, 2.75) is 225 Å². The summed E-state index contributed by atoms with van der Waals surface area (Å²) < 4.78 is 81.7. The molecule has 5 N–H and O–H groups in total. The molecule has 0 aromatic heterocycles. The van der Waals surface area contributed by atoms with Crippen LogP contribution in [0.2, 0.25) is 0 Å². The molecule has 2 fully saturated rings. The molecule has 0 aromatic rings. The van der Waals surface area contributed by atoms with E-state index in [4.69, 9.17) is 54.4 Å². The number of nitrogens with one attached hydrogen (secondary N) is 1. The number of nitriles is 2. The molecule has 18 atom stereocenters. The predicted molar refractivity (Wildman–Crippen MR) is 283 cm³/mol. The molecule has 0 radical (unpaired) electrons. The molecule has 0 amide bonds. The standard InChI is InChI=1S/C22H42NO6P.C16H34O.C14H26N3O4P.HN.H2O.2V/c1-8-16(3)18(5)22(7,19(6)17(4)9-2)29-30(25,27-13-10-12-23)28-20-11-14-26-21(20)15-24;1-9-11(4)13(6)15(8)16(17)14(7)12(5)10(2)3;1-11(2)17(12(3)4)22(20-8-5-7-15)21-13-6-9-18-14(13)10-19-16;;;;/h16-21,24H,8-11,13-15H2,1-7H3;10-17H,9H2,1-8H3;11-14H,5-6,8-10H2,1-4H3;1H;1H2;;/i14T;;9T;;;;. The van der Waals surface area contributed by atoms with Gasteiger partial charge in [-0.15, -0.1) is 0 Å². The van der Waals surface area contributed by atoms with Crippen LogP contribution in [-0.4, -0.2) is 108 Å². The molecule has 21 heteroatoms. The van der Waals surface area contributed by atoms with Gasteiger partial charge in [-0.2, -0.15) is 5.26 Å². The van der Waals surface area contributed by atoms with Gasteiger partial charge < -0.3 is 20.4 Å². The molecular weight excluding hydrogens is 1050 g/mol. The first-order chi connectivity index (χ1) is 34.6. The first kappa shape index (κ1) is 72.9. The van der Waals surface area contributed by atoms with E-state index in [0.29, 0.717) is 66.8 Å². The van der Waals surface area contributed by atoms with Crippen molar-refractivity contribution in [1.29, 1.82) is 14.7 Å². The summed E-state index contributed by atoms with van der Waals surface area (Å²) in [5, 5.41) is 37.7. The van der Waals surface area contributed by atoms with Crippen LogP contribution in [0.5, 0.6) is 0 Å². The third-order valence-electron chi connectivity index (χ3n) is 15.6. The van der Waals surface area contributed by atoms with Crippen LogP contribution in [0.1, 0.15) is 179 Å². The minimum absolute atomic E-state index is 0. The molecule has 2 saturated heterocycles. The van der Waals surface area contributed by atoms with Gasteiger partial charge in [-0.1, -0.05) is 116 Å². The summed E-state index contributed by atoms with van der Waals surface area (Å²) in [5.74, 6) is 4.01. The summed E-state index contributed by atoms with van der Waals surface area (Å²) in [6.07, 6.45) is 1.66. The van der Waals surface area contributed by atoms with Crippen molar-refractivity contribution in [2.24, 2.45) is 63.1 Å². The van der Waals surface area contributed by atoms with E-state index in [2.05, 4.69) is 139 Å². The molecular formula is C52H105N5O12P2V2. The van der Waals surface area contributed by atoms with Gasteiger partial charge in [0, 0.05) is 13.0 Å². The van der Waals surface area contributed by atoms with Crippen LogP contribution in [-0.2, 0) is 76.0 Å². The second-order valence-electron chi connectivity index (χ2n) is 20.9. The average Bonchev–Trinajstić information content (AvgIpc) is 3.91. The first-order valence-corrected chi connectivity index (χ1v) is 30.4. The number of ether oxygens (including phenoxy) is 2. The Balaban J connectivity index is -0.00000105. The zero-order chi connectivity index (χ0) is 57.7. The van der Waals surface area contributed by atoms with E-state index in [0.717, 1.165) is 12.8 Å². The number of nitrogens with zero attached hydrogens (tertiary/aromatic N) is 4. The van der Waals surface area contributed by atoms with Crippen molar-refractivity contribution in [1.82, 2.24) is 4.67 Å². The topological polar surface area (TPSA) is 250 Å². The van der Waals surface area contributed by atoms with E-state index in [1.807, 2.05) is 30.2 Å². The molecule has 0 aliphatic carbocycles. The van der Waals surface area contributed by atoms with Crippen molar-refractivity contribution in [2.75, 3.05) is 39.6 Å².